The number of carbonyl (C=O) groups excluding carboxylic acids is 1. The van der Waals surface area contributed by atoms with Crippen LogP contribution in [0, 0.1) is 0 Å². The van der Waals surface area contributed by atoms with Crippen molar-refractivity contribution in [2.24, 2.45) is 7.05 Å². The second kappa shape index (κ2) is 10.5. The van der Waals surface area contributed by atoms with Gasteiger partial charge in [0.05, 0.1) is 15.7 Å². The number of hydrogen-bond donors (Lipinski definition) is 2. The fourth-order valence-corrected chi connectivity index (χ4v) is 4.02. The van der Waals surface area contributed by atoms with Crippen molar-refractivity contribution in [3.05, 3.63) is 92.1 Å². The molecule has 3 aromatic carbocycles. The number of benzene rings is 3. The van der Waals surface area contributed by atoms with Crippen LogP contribution in [0.2, 0.25) is 20.1 Å². The quantitative estimate of drug-likeness (QED) is 0.274. The van der Waals surface area contributed by atoms with Crippen LogP contribution in [0.25, 0.3) is 23.5 Å². The number of amides is 2. The summed E-state index contributed by atoms with van der Waals surface area (Å²) in [6.07, 6.45) is 3.60. The monoisotopic (exact) mass is 531 g/mol. The van der Waals surface area contributed by atoms with Gasteiger partial charge in [-0.25, -0.2) is 4.79 Å². The van der Waals surface area contributed by atoms with Crippen LogP contribution in [-0.4, -0.2) is 20.8 Å². The minimum atomic E-state index is -0.443. The zero-order valence-electron chi connectivity index (χ0n) is 17.7. The number of carbonyl (C=O) groups is 1. The molecule has 10 heteroatoms. The summed E-state index contributed by atoms with van der Waals surface area (Å²) >= 11 is 24.5. The summed E-state index contributed by atoms with van der Waals surface area (Å²) in [6.45, 7) is 0. The van der Waals surface area contributed by atoms with E-state index < -0.39 is 6.03 Å². The maximum atomic E-state index is 12.3. The highest BCUT2D eigenvalue weighted by atomic mass is 35.5. The summed E-state index contributed by atoms with van der Waals surface area (Å²) in [5.74, 6) is 1.29. The van der Waals surface area contributed by atoms with E-state index in [-0.39, 0.29) is 5.02 Å². The Morgan fingerprint density at radius 2 is 1.47 bits per heavy atom. The van der Waals surface area contributed by atoms with E-state index in [1.54, 1.807) is 60.7 Å². The van der Waals surface area contributed by atoms with Gasteiger partial charge in [0.1, 0.15) is 0 Å². The average Bonchev–Trinajstić information content (AvgIpc) is 3.17. The molecule has 34 heavy (non-hydrogen) atoms. The molecule has 0 unspecified atom stereocenters. The van der Waals surface area contributed by atoms with Crippen LogP contribution in [0.5, 0.6) is 0 Å². The number of nitrogens with one attached hydrogen (secondary N) is 2. The lowest BCUT2D eigenvalue weighted by atomic mass is 10.2. The summed E-state index contributed by atoms with van der Waals surface area (Å²) < 4.78 is 1.84. The Morgan fingerprint density at radius 3 is 2.18 bits per heavy atom. The molecule has 0 aliphatic carbocycles. The Balaban J connectivity index is 1.46. The Labute approximate surface area is 216 Å². The van der Waals surface area contributed by atoms with Crippen molar-refractivity contribution in [2.45, 2.75) is 0 Å². The first-order valence-corrected chi connectivity index (χ1v) is 11.5. The Morgan fingerprint density at radius 1 is 0.824 bits per heavy atom. The van der Waals surface area contributed by atoms with Gasteiger partial charge in [-0.15, -0.1) is 10.2 Å². The molecule has 0 saturated carbocycles. The SMILES string of the molecule is Cn1c(/C=C/c2c(Cl)cccc2Cl)nnc1-c1ccc(NC(=O)Nc2cccc(Cl)c2Cl)cc1. The zero-order valence-corrected chi connectivity index (χ0v) is 20.7. The Kier molecular flexibility index (Phi) is 7.44. The van der Waals surface area contributed by atoms with Crippen LogP contribution in [0.4, 0.5) is 16.2 Å². The third-order valence-electron chi connectivity index (χ3n) is 4.91. The van der Waals surface area contributed by atoms with Gasteiger partial charge in [0.25, 0.3) is 0 Å². The zero-order chi connectivity index (χ0) is 24.2. The van der Waals surface area contributed by atoms with Gasteiger partial charge in [0, 0.05) is 33.9 Å². The van der Waals surface area contributed by atoms with Crippen LogP contribution < -0.4 is 10.6 Å². The molecule has 1 aromatic heterocycles. The highest BCUT2D eigenvalue weighted by Crippen LogP contribution is 2.30. The fraction of sp³-hybridized carbons (Fsp3) is 0.0417. The first kappa shape index (κ1) is 24.1. The lowest BCUT2D eigenvalue weighted by Gasteiger charge is -2.10. The van der Waals surface area contributed by atoms with Gasteiger partial charge in [0.15, 0.2) is 11.6 Å². The van der Waals surface area contributed by atoms with Crippen LogP contribution in [0.1, 0.15) is 11.4 Å². The normalized spacial score (nSPS) is 11.1. The summed E-state index contributed by atoms with van der Waals surface area (Å²) in [5.41, 5.74) is 2.55. The van der Waals surface area contributed by atoms with Gasteiger partial charge in [-0.3, -0.25) is 0 Å². The van der Waals surface area contributed by atoms with E-state index in [2.05, 4.69) is 20.8 Å². The summed E-state index contributed by atoms with van der Waals surface area (Å²) in [7, 11) is 1.86. The second-order valence-electron chi connectivity index (χ2n) is 7.17. The number of aromatic nitrogens is 3. The largest absolute Gasteiger partial charge is 0.323 e. The molecule has 1 heterocycles. The van der Waals surface area contributed by atoms with E-state index in [1.807, 2.05) is 23.7 Å². The fourth-order valence-electron chi connectivity index (χ4n) is 3.15. The van der Waals surface area contributed by atoms with Crippen LogP contribution in [-0.2, 0) is 7.05 Å². The molecule has 0 fully saturated rings. The van der Waals surface area contributed by atoms with Crippen LogP contribution in [0.3, 0.4) is 0 Å². The van der Waals surface area contributed by atoms with Crippen molar-refractivity contribution in [1.82, 2.24) is 14.8 Å². The van der Waals surface area contributed by atoms with Crippen LogP contribution in [0.15, 0.2) is 60.7 Å². The smallest absolute Gasteiger partial charge is 0.311 e. The van der Waals surface area contributed by atoms with Crippen molar-refractivity contribution in [1.29, 1.82) is 0 Å². The molecule has 6 nitrogen and oxygen atoms in total. The molecule has 0 atom stereocenters. The highest BCUT2D eigenvalue weighted by Gasteiger charge is 2.11. The predicted octanol–water partition coefficient (Wildman–Crippen LogP) is 7.91. The molecule has 172 valence electrons. The van der Waals surface area contributed by atoms with Gasteiger partial charge < -0.3 is 15.2 Å². The topological polar surface area (TPSA) is 71.8 Å². The van der Waals surface area contributed by atoms with Crippen molar-refractivity contribution < 1.29 is 4.79 Å². The van der Waals surface area contributed by atoms with Gasteiger partial charge in [-0.1, -0.05) is 58.5 Å². The Hall–Kier alpha value is -3.03. The Bertz CT molecular complexity index is 1360. The lowest BCUT2D eigenvalue weighted by molar-refractivity contribution is 0.262. The summed E-state index contributed by atoms with van der Waals surface area (Å²) in [5, 5.41) is 15.7. The molecule has 0 aliphatic heterocycles. The molecule has 4 aromatic rings. The number of halogens is 4. The van der Waals surface area contributed by atoms with E-state index in [0.717, 1.165) is 5.56 Å². The van der Waals surface area contributed by atoms with Gasteiger partial charge in [0.2, 0.25) is 0 Å². The average molecular weight is 533 g/mol. The standard InChI is InChI=1S/C24H17Cl4N5O/c1-33-21(13-12-16-17(25)4-2-5-18(16)26)31-32-23(33)14-8-10-15(11-9-14)29-24(34)30-20-7-3-6-19(27)22(20)28/h2-13H,1H3,(H2,29,30,34)/b13-12+. The minimum Gasteiger partial charge on any atom is -0.311 e. The van der Waals surface area contributed by atoms with Crippen molar-refractivity contribution in [3.8, 4) is 11.4 Å². The van der Waals surface area contributed by atoms with E-state index in [0.29, 0.717) is 43.7 Å². The van der Waals surface area contributed by atoms with E-state index in [4.69, 9.17) is 46.4 Å². The molecule has 2 amide bonds. The number of nitrogens with zero attached hydrogens (tertiary/aromatic N) is 3. The third-order valence-corrected chi connectivity index (χ3v) is 6.39. The van der Waals surface area contributed by atoms with Crippen molar-refractivity contribution >= 4 is 76.0 Å². The maximum absolute atomic E-state index is 12.3. The highest BCUT2D eigenvalue weighted by molar-refractivity contribution is 6.44. The van der Waals surface area contributed by atoms with Crippen molar-refractivity contribution in [2.75, 3.05) is 10.6 Å². The van der Waals surface area contributed by atoms with Gasteiger partial charge in [-0.05, 0) is 60.7 Å². The molecule has 0 radical (unpaired) electrons. The first-order chi connectivity index (χ1) is 16.3. The first-order valence-electron chi connectivity index (χ1n) is 9.97. The van der Waals surface area contributed by atoms with Gasteiger partial charge in [-0.2, -0.15) is 0 Å². The van der Waals surface area contributed by atoms with Crippen LogP contribution >= 0.6 is 46.4 Å². The third kappa shape index (κ3) is 5.37. The van der Waals surface area contributed by atoms with E-state index in [9.17, 15) is 4.79 Å². The molecule has 4 rings (SSSR count). The molecule has 2 N–H and O–H groups in total. The summed E-state index contributed by atoms with van der Waals surface area (Å²) in [6, 6.07) is 17.1. The van der Waals surface area contributed by atoms with E-state index >= 15 is 0 Å². The molecular formula is C24H17Cl4N5O. The lowest BCUT2D eigenvalue weighted by Crippen LogP contribution is -2.19. The molecular weight excluding hydrogens is 516 g/mol. The van der Waals surface area contributed by atoms with E-state index in [1.165, 1.54) is 0 Å². The summed E-state index contributed by atoms with van der Waals surface area (Å²) in [4.78, 5) is 12.3. The molecule has 0 spiro atoms. The maximum Gasteiger partial charge on any atom is 0.323 e. The molecule has 0 bridgehead atoms. The molecule has 0 aliphatic rings. The van der Waals surface area contributed by atoms with Crippen molar-refractivity contribution in [3.63, 3.8) is 0 Å². The predicted molar refractivity (Wildman–Crippen MR) is 141 cm³/mol. The number of rotatable bonds is 5. The number of anilines is 2. The minimum absolute atomic E-state index is 0.276. The van der Waals surface area contributed by atoms with Gasteiger partial charge >= 0.3 is 6.03 Å². The molecule has 0 saturated heterocycles. The number of hydrogen-bond acceptors (Lipinski definition) is 3. The second-order valence-corrected chi connectivity index (χ2v) is 8.77. The number of urea groups is 1.